The van der Waals surface area contributed by atoms with Gasteiger partial charge in [-0.1, -0.05) is 12.2 Å². The van der Waals surface area contributed by atoms with Gasteiger partial charge in [-0.2, -0.15) is 5.26 Å². The van der Waals surface area contributed by atoms with Crippen molar-refractivity contribution in [3.63, 3.8) is 0 Å². The molecule has 0 aromatic carbocycles. The van der Waals surface area contributed by atoms with E-state index in [4.69, 9.17) is 5.26 Å². The summed E-state index contributed by atoms with van der Waals surface area (Å²) in [5, 5.41) is 19.5. The first-order valence-electron chi connectivity index (χ1n) is 5.13. The second-order valence-corrected chi connectivity index (χ2v) is 3.61. The molecule has 1 aromatic heterocycles. The van der Waals surface area contributed by atoms with Gasteiger partial charge in [-0.25, -0.2) is 0 Å². The van der Waals surface area contributed by atoms with E-state index in [0.717, 1.165) is 17.6 Å². The normalized spacial score (nSPS) is 14.5. The van der Waals surface area contributed by atoms with Gasteiger partial charge in [0.25, 0.3) is 0 Å². The number of nitrogens with zero attached hydrogens (tertiary/aromatic N) is 3. The molecule has 0 spiro atoms. The van der Waals surface area contributed by atoms with Crippen LogP contribution in [-0.4, -0.2) is 9.91 Å². The van der Waals surface area contributed by atoms with Crippen molar-refractivity contribution >= 4 is 11.4 Å². The van der Waals surface area contributed by atoms with Crippen LogP contribution in [0.2, 0.25) is 0 Å². The Hall–Kier alpha value is -2.48. The lowest BCUT2D eigenvalue weighted by Gasteiger charge is -2.09. The van der Waals surface area contributed by atoms with Crippen molar-refractivity contribution in [2.45, 2.75) is 12.8 Å². The molecule has 0 saturated carbocycles. The highest BCUT2D eigenvalue weighted by molar-refractivity contribution is 5.79. The molecule has 0 radical (unpaired) electrons. The summed E-state index contributed by atoms with van der Waals surface area (Å²) in [6.07, 6.45) is 6.84. The molecular weight excluding hydrogens is 218 g/mol. The van der Waals surface area contributed by atoms with Crippen LogP contribution in [0.3, 0.4) is 0 Å². The molecule has 1 aliphatic rings. The molecule has 1 aliphatic carbocycles. The van der Waals surface area contributed by atoms with Crippen LogP contribution in [0.1, 0.15) is 18.4 Å². The van der Waals surface area contributed by atoms with Crippen molar-refractivity contribution in [1.29, 1.82) is 5.26 Å². The summed E-state index contributed by atoms with van der Waals surface area (Å²) in [5.41, 5.74) is 2.24. The zero-order valence-corrected chi connectivity index (χ0v) is 8.96. The quantitative estimate of drug-likeness (QED) is 0.574. The lowest BCUT2D eigenvalue weighted by atomic mass is 9.94. The van der Waals surface area contributed by atoms with E-state index in [1.165, 1.54) is 12.3 Å². The summed E-state index contributed by atoms with van der Waals surface area (Å²) in [7, 11) is 0. The van der Waals surface area contributed by atoms with Gasteiger partial charge in [0, 0.05) is 17.2 Å². The average molecular weight is 227 g/mol. The average Bonchev–Trinajstić information content (AvgIpc) is 2.39. The van der Waals surface area contributed by atoms with Gasteiger partial charge in [0.15, 0.2) is 0 Å². The molecule has 0 aliphatic heterocycles. The molecule has 5 nitrogen and oxygen atoms in total. The number of nitro groups is 1. The second-order valence-electron chi connectivity index (χ2n) is 3.61. The largest absolute Gasteiger partial charge is 0.363 e. The Kier molecular flexibility index (Phi) is 2.97. The summed E-state index contributed by atoms with van der Waals surface area (Å²) >= 11 is 0. The smallest absolute Gasteiger partial charge is 0.358 e. The molecule has 17 heavy (non-hydrogen) atoms. The van der Waals surface area contributed by atoms with E-state index in [9.17, 15) is 10.1 Å². The summed E-state index contributed by atoms with van der Waals surface area (Å²) < 4.78 is 0. The minimum Gasteiger partial charge on any atom is -0.358 e. The lowest BCUT2D eigenvalue weighted by Crippen LogP contribution is -1.96. The van der Waals surface area contributed by atoms with Gasteiger partial charge in [-0.15, -0.1) is 0 Å². The van der Waals surface area contributed by atoms with Gasteiger partial charge in [-0.3, -0.25) is 0 Å². The fourth-order valence-electron chi connectivity index (χ4n) is 1.70. The summed E-state index contributed by atoms with van der Waals surface area (Å²) in [5.74, 6) is -0.187. The third-order valence-electron chi connectivity index (χ3n) is 2.55. The summed E-state index contributed by atoms with van der Waals surface area (Å²) in [6.45, 7) is 0. The predicted molar refractivity (Wildman–Crippen MR) is 61.8 cm³/mol. The van der Waals surface area contributed by atoms with E-state index >= 15 is 0 Å². The van der Waals surface area contributed by atoms with Gasteiger partial charge >= 0.3 is 5.82 Å². The molecular formula is C12H9N3O2. The molecule has 0 atom stereocenters. The third kappa shape index (κ3) is 2.21. The Balaban J connectivity index is 2.41. The first-order valence-corrected chi connectivity index (χ1v) is 5.13. The molecule has 1 heterocycles. The maximum atomic E-state index is 10.5. The maximum Gasteiger partial charge on any atom is 0.363 e. The van der Waals surface area contributed by atoms with Crippen LogP contribution in [0.15, 0.2) is 36.1 Å². The van der Waals surface area contributed by atoms with Gasteiger partial charge in [-0.05, 0) is 34.4 Å². The highest BCUT2D eigenvalue weighted by Crippen LogP contribution is 2.27. The minimum absolute atomic E-state index is 0.187. The van der Waals surface area contributed by atoms with Crippen molar-refractivity contribution in [2.24, 2.45) is 0 Å². The topological polar surface area (TPSA) is 79.8 Å². The van der Waals surface area contributed by atoms with Gasteiger partial charge in [0.1, 0.15) is 6.20 Å². The fourth-order valence-corrected chi connectivity index (χ4v) is 1.70. The molecule has 0 saturated heterocycles. The molecule has 2 rings (SSSR count). The summed E-state index contributed by atoms with van der Waals surface area (Å²) in [6, 6.07) is 5.12. The van der Waals surface area contributed by atoms with E-state index in [-0.39, 0.29) is 5.82 Å². The van der Waals surface area contributed by atoms with E-state index < -0.39 is 4.92 Å². The van der Waals surface area contributed by atoms with Crippen LogP contribution in [0, 0.1) is 21.4 Å². The zero-order valence-electron chi connectivity index (χ0n) is 8.96. The number of aromatic nitrogens is 1. The first-order chi connectivity index (χ1) is 8.22. The molecule has 0 amide bonds. The molecule has 0 N–H and O–H groups in total. The molecule has 84 valence electrons. The van der Waals surface area contributed by atoms with Crippen LogP contribution in [0.4, 0.5) is 5.82 Å². The van der Waals surface area contributed by atoms with E-state index in [0.29, 0.717) is 12.0 Å². The Bertz CT molecular complexity index is 550. The highest BCUT2D eigenvalue weighted by atomic mass is 16.6. The second kappa shape index (κ2) is 4.58. The van der Waals surface area contributed by atoms with Crippen molar-refractivity contribution in [2.75, 3.05) is 0 Å². The first kappa shape index (κ1) is 11.0. The lowest BCUT2D eigenvalue weighted by molar-refractivity contribution is -0.389. The van der Waals surface area contributed by atoms with Crippen LogP contribution in [0.25, 0.3) is 5.57 Å². The Morgan fingerprint density at radius 1 is 1.47 bits per heavy atom. The van der Waals surface area contributed by atoms with E-state index in [2.05, 4.69) is 11.1 Å². The minimum atomic E-state index is -0.542. The maximum absolute atomic E-state index is 10.5. The Morgan fingerprint density at radius 2 is 2.29 bits per heavy atom. The number of allylic oxidation sites excluding steroid dienone is 4. The molecule has 0 unspecified atom stereocenters. The standard InChI is InChI=1S/C12H9N3O2/c13-7-9-3-1-2-4-11(9)10-5-6-12(14-8-10)15(16)17/h2,4-6,8H,1,3H2. The molecule has 5 heteroatoms. The molecule has 0 fully saturated rings. The van der Waals surface area contributed by atoms with E-state index in [1.807, 2.05) is 12.2 Å². The van der Waals surface area contributed by atoms with Crippen molar-refractivity contribution in [3.05, 3.63) is 51.7 Å². The molecule has 1 aromatic rings. The summed E-state index contributed by atoms with van der Waals surface area (Å²) in [4.78, 5) is 13.7. The van der Waals surface area contributed by atoms with Crippen molar-refractivity contribution < 1.29 is 4.92 Å². The monoisotopic (exact) mass is 227 g/mol. The highest BCUT2D eigenvalue weighted by Gasteiger charge is 2.13. The van der Waals surface area contributed by atoms with Crippen LogP contribution in [0.5, 0.6) is 0 Å². The predicted octanol–water partition coefficient (Wildman–Crippen LogP) is 2.62. The van der Waals surface area contributed by atoms with Gasteiger partial charge in [0.05, 0.1) is 6.07 Å². The number of hydrogen-bond acceptors (Lipinski definition) is 4. The number of pyridine rings is 1. The van der Waals surface area contributed by atoms with Gasteiger partial charge in [0.2, 0.25) is 0 Å². The fraction of sp³-hybridized carbons (Fsp3) is 0.167. The number of rotatable bonds is 2. The SMILES string of the molecule is N#CC1=C(c2ccc([N+](=O)[O-])nc2)C=CCC1. The van der Waals surface area contributed by atoms with Crippen LogP contribution < -0.4 is 0 Å². The number of hydrogen-bond donors (Lipinski definition) is 0. The van der Waals surface area contributed by atoms with Crippen molar-refractivity contribution in [1.82, 2.24) is 4.98 Å². The van der Waals surface area contributed by atoms with Crippen LogP contribution in [-0.2, 0) is 0 Å². The number of nitriles is 1. The Morgan fingerprint density at radius 3 is 2.88 bits per heavy atom. The Labute approximate surface area is 97.9 Å². The van der Waals surface area contributed by atoms with Crippen molar-refractivity contribution in [3.8, 4) is 6.07 Å². The van der Waals surface area contributed by atoms with E-state index in [1.54, 1.807) is 6.07 Å². The third-order valence-corrected chi connectivity index (χ3v) is 2.55. The van der Waals surface area contributed by atoms with Crippen LogP contribution >= 0.6 is 0 Å². The van der Waals surface area contributed by atoms with Gasteiger partial charge < -0.3 is 10.1 Å². The molecule has 0 bridgehead atoms. The zero-order chi connectivity index (χ0) is 12.3.